The van der Waals surface area contributed by atoms with Gasteiger partial charge in [-0.05, 0) is 31.5 Å². The number of benzene rings is 1. The third-order valence-corrected chi connectivity index (χ3v) is 3.54. The van der Waals surface area contributed by atoms with Crippen LogP contribution in [0.5, 0.6) is 11.5 Å². The summed E-state index contributed by atoms with van der Waals surface area (Å²) in [6.07, 6.45) is 0.496. The maximum Gasteiger partial charge on any atom is 0.308 e. The largest absolute Gasteiger partial charge is 0.493 e. The molecule has 1 aromatic rings. The van der Waals surface area contributed by atoms with Gasteiger partial charge in [-0.1, -0.05) is 0 Å². The number of carboxylic acid groups (broad SMARTS) is 1. The normalized spacial score (nSPS) is 17.6. The molecule has 1 N–H and O–H groups in total. The summed E-state index contributed by atoms with van der Waals surface area (Å²) in [5.41, 5.74) is 0.477. The molecule has 1 aliphatic rings. The van der Waals surface area contributed by atoms with E-state index in [2.05, 4.69) is 0 Å². The maximum absolute atomic E-state index is 12.4. The van der Waals surface area contributed by atoms with Crippen molar-refractivity contribution in [3.8, 4) is 11.5 Å². The smallest absolute Gasteiger partial charge is 0.308 e. The van der Waals surface area contributed by atoms with Gasteiger partial charge < -0.3 is 19.5 Å². The van der Waals surface area contributed by atoms with Crippen molar-refractivity contribution in [1.29, 1.82) is 0 Å². The Hall–Kier alpha value is -2.24. The second-order valence-corrected chi connectivity index (χ2v) is 4.87. The van der Waals surface area contributed by atoms with Crippen molar-refractivity contribution in [2.24, 2.45) is 5.92 Å². The molecule has 0 spiro atoms. The van der Waals surface area contributed by atoms with Gasteiger partial charge in [0.15, 0.2) is 11.5 Å². The topological polar surface area (TPSA) is 76.1 Å². The first-order chi connectivity index (χ1) is 10.1. The van der Waals surface area contributed by atoms with Crippen LogP contribution in [0.25, 0.3) is 0 Å². The van der Waals surface area contributed by atoms with E-state index in [0.717, 1.165) is 0 Å². The van der Waals surface area contributed by atoms with E-state index in [0.29, 0.717) is 36.6 Å². The Kier molecular flexibility index (Phi) is 4.67. The van der Waals surface area contributed by atoms with Crippen molar-refractivity contribution in [3.05, 3.63) is 23.8 Å². The lowest BCUT2D eigenvalue weighted by atomic mass is 10.1. The van der Waals surface area contributed by atoms with Crippen LogP contribution in [-0.4, -0.2) is 48.7 Å². The maximum atomic E-state index is 12.4. The van der Waals surface area contributed by atoms with Gasteiger partial charge in [0.05, 0.1) is 19.6 Å². The Bertz CT molecular complexity index is 543. The Balaban J connectivity index is 2.16. The zero-order valence-corrected chi connectivity index (χ0v) is 12.2. The van der Waals surface area contributed by atoms with Crippen LogP contribution in [0.1, 0.15) is 23.7 Å². The Morgan fingerprint density at radius 3 is 2.71 bits per heavy atom. The summed E-state index contributed by atoms with van der Waals surface area (Å²) >= 11 is 0. The van der Waals surface area contributed by atoms with Crippen molar-refractivity contribution >= 4 is 11.9 Å². The molecule has 1 saturated heterocycles. The first-order valence-corrected chi connectivity index (χ1v) is 6.89. The van der Waals surface area contributed by atoms with Crippen LogP contribution in [0.3, 0.4) is 0 Å². The van der Waals surface area contributed by atoms with Crippen LogP contribution < -0.4 is 9.47 Å². The molecular formula is C15H19NO5. The number of aliphatic carboxylic acids is 1. The van der Waals surface area contributed by atoms with Gasteiger partial charge in [-0.15, -0.1) is 0 Å². The lowest BCUT2D eigenvalue weighted by Gasteiger charge is -2.17. The molecule has 6 heteroatoms. The summed E-state index contributed by atoms with van der Waals surface area (Å²) in [4.78, 5) is 24.9. The number of nitrogens with zero attached hydrogens (tertiary/aromatic N) is 1. The van der Waals surface area contributed by atoms with Crippen LogP contribution in [0.4, 0.5) is 0 Å². The van der Waals surface area contributed by atoms with Crippen molar-refractivity contribution < 1.29 is 24.2 Å². The van der Waals surface area contributed by atoms with Gasteiger partial charge in [0.25, 0.3) is 5.91 Å². The lowest BCUT2D eigenvalue weighted by Crippen LogP contribution is -2.29. The second-order valence-electron chi connectivity index (χ2n) is 4.87. The SMILES string of the molecule is CCOc1cc(C(=O)N2CCC(C(=O)O)C2)ccc1OC. The first-order valence-electron chi connectivity index (χ1n) is 6.89. The average molecular weight is 293 g/mol. The Morgan fingerprint density at radius 1 is 1.38 bits per heavy atom. The molecule has 0 saturated carbocycles. The number of carbonyl (C=O) groups excluding carboxylic acids is 1. The highest BCUT2D eigenvalue weighted by atomic mass is 16.5. The number of ether oxygens (including phenoxy) is 2. The molecule has 1 heterocycles. The van der Waals surface area contributed by atoms with E-state index in [9.17, 15) is 9.59 Å². The van der Waals surface area contributed by atoms with E-state index >= 15 is 0 Å². The minimum Gasteiger partial charge on any atom is -0.493 e. The molecule has 0 aliphatic carbocycles. The number of hydrogen-bond donors (Lipinski definition) is 1. The average Bonchev–Trinajstić information content (AvgIpc) is 2.97. The fraction of sp³-hybridized carbons (Fsp3) is 0.467. The van der Waals surface area contributed by atoms with E-state index < -0.39 is 11.9 Å². The molecule has 114 valence electrons. The molecule has 6 nitrogen and oxygen atoms in total. The van der Waals surface area contributed by atoms with Crippen molar-refractivity contribution in [1.82, 2.24) is 4.90 Å². The number of likely N-dealkylation sites (tertiary alicyclic amines) is 1. The summed E-state index contributed by atoms with van der Waals surface area (Å²) in [7, 11) is 1.54. The molecule has 1 unspecified atom stereocenters. The molecule has 21 heavy (non-hydrogen) atoms. The van der Waals surface area contributed by atoms with Gasteiger partial charge in [0.1, 0.15) is 0 Å². The minimum absolute atomic E-state index is 0.178. The van der Waals surface area contributed by atoms with Crippen LogP contribution >= 0.6 is 0 Å². The fourth-order valence-corrected chi connectivity index (χ4v) is 2.41. The number of carboxylic acids is 1. The van der Waals surface area contributed by atoms with E-state index in [1.165, 1.54) is 7.11 Å². The van der Waals surface area contributed by atoms with Crippen LogP contribution in [0, 0.1) is 5.92 Å². The highest BCUT2D eigenvalue weighted by Gasteiger charge is 2.31. The van der Waals surface area contributed by atoms with Crippen molar-refractivity contribution in [2.75, 3.05) is 26.8 Å². The number of rotatable bonds is 5. The van der Waals surface area contributed by atoms with Crippen LogP contribution in [0.15, 0.2) is 18.2 Å². The standard InChI is InChI=1S/C15H19NO5/c1-3-21-13-8-10(4-5-12(13)20-2)14(17)16-7-6-11(9-16)15(18)19/h4-5,8,11H,3,6-7,9H2,1-2H3,(H,18,19). The Morgan fingerprint density at radius 2 is 2.14 bits per heavy atom. The lowest BCUT2D eigenvalue weighted by molar-refractivity contribution is -0.141. The van der Waals surface area contributed by atoms with Crippen molar-refractivity contribution in [2.45, 2.75) is 13.3 Å². The quantitative estimate of drug-likeness (QED) is 0.893. The molecule has 0 radical (unpaired) electrons. The molecule has 1 atom stereocenters. The second kappa shape index (κ2) is 6.47. The number of methoxy groups -OCH3 is 1. The minimum atomic E-state index is -0.852. The number of hydrogen-bond acceptors (Lipinski definition) is 4. The first kappa shape index (κ1) is 15.2. The van der Waals surface area contributed by atoms with Gasteiger partial charge in [0, 0.05) is 18.7 Å². The molecule has 0 bridgehead atoms. The molecular weight excluding hydrogens is 274 g/mol. The van der Waals surface area contributed by atoms with Gasteiger partial charge in [-0.3, -0.25) is 9.59 Å². The van der Waals surface area contributed by atoms with E-state index in [1.807, 2.05) is 6.92 Å². The third-order valence-electron chi connectivity index (χ3n) is 3.54. The van der Waals surface area contributed by atoms with Gasteiger partial charge in [-0.25, -0.2) is 0 Å². The predicted octanol–water partition coefficient (Wildman–Crippen LogP) is 1.64. The highest BCUT2D eigenvalue weighted by molar-refractivity contribution is 5.95. The number of amides is 1. The van der Waals surface area contributed by atoms with Crippen LogP contribution in [0.2, 0.25) is 0 Å². The summed E-state index contributed by atoms with van der Waals surface area (Å²) in [6.45, 7) is 3.04. The molecule has 1 amide bonds. The molecule has 2 rings (SSSR count). The van der Waals surface area contributed by atoms with Gasteiger partial charge in [0.2, 0.25) is 0 Å². The zero-order valence-electron chi connectivity index (χ0n) is 12.2. The predicted molar refractivity (Wildman–Crippen MR) is 75.8 cm³/mol. The summed E-state index contributed by atoms with van der Waals surface area (Å²) in [6, 6.07) is 4.99. The zero-order chi connectivity index (χ0) is 15.4. The highest BCUT2D eigenvalue weighted by Crippen LogP contribution is 2.29. The molecule has 1 fully saturated rings. The Labute approximate surface area is 123 Å². The number of carbonyl (C=O) groups is 2. The molecule has 0 aromatic heterocycles. The van der Waals surface area contributed by atoms with E-state index in [4.69, 9.17) is 14.6 Å². The summed E-state index contributed by atoms with van der Waals surface area (Å²) in [5, 5.41) is 8.99. The van der Waals surface area contributed by atoms with Crippen LogP contribution in [-0.2, 0) is 4.79 Å². The molecule has 1 aromatic carbocycles. The van der Waals surface area contributed by atoms with E-state index in [1.54, 1.807) is 23.1 Å². The van der Waals surface area contributed by atoms with E-state index in [-0.39, 0.29) is 12.5 Å². The molecule has 1 aliphatic heterocycles. The van der Waals surface area contributed by atoms with Crippen molar-refractivity contribution in [3.63, 3.8) is 0 Å². The third kappa shape index (κ3) is 3.26. The summed E-state index contributed by atoms with van der Waals surface area (Å²) in [5.74, 6) is -0.422. The van der Waals surface area contributed by atoms with Gasteiger partial charge in [-0.2, -0.15) is 0 Å². The van der Waals surface area contributed by atoms with Gasteiger partial charge >= 0.3 is 5.97 Å². The monoisotopic (exact) mass is 293 g/mol. The summed E-state index contributed by atoms with van der Waals surface area (Å²) < 4.78 is 10.6. The fourth-order valence-electron chi connectivity index (χ4n) is 2.41.